The Bertz CT molecular complexity index is 1070. The van der Waals surface area contributed by atoms with E-state index in [1.807, 2.05) is 26.0 Å². The largest absolute Gasteiger partial charge is 0.493 e. The minimum atomic E-state index is -0.657. The quantitative estimate of drug-likeness (QED) is 0.398. The number of ether oxygens (including phenoxy) is 1. The zero-order chi connectivity index (χ0) is 19.6. The molecule has 3 aromatic rings. The van der Waals surface area contributed by atoms with E-state index in [0.29, 0.717) is 11.3 Å². The smallest absolute Gasteiger partial charge is 0.302 e. The van der Waals surface area contributed by atoms with Gasteiger partial charge in [-0.25, -0.2) is 0 Å². The van der Waals surface area contributed by atoms with Gasteiger partial charge in [0.05, 0.1) is 10.4 Å². The predicted octanol–water partition coefficient (Wildman–Crippen LogP) is 4.09. The Hall–Kier alpha value is -3.75. The highest BCUT2D eigenvalue weighted by Gasteiger charge is 2.15. The molecule has 0 fully saturated rings. The number of aromatic hydroxyl groups is 1. The maximum Gasteiger partial charge on any atom is 0.302 e. The number of fused-ring (bicyclic) bond motifs is 1. The Kier molecular flexibility index (Phi) is 4.84. The predicted molar refractivity (Wildman–Crippen MR) is 97.6 cm³/mol. The molecule has 1 amide bonds. The molecule has 0 spiro atoms. The fourth-order valence-electron chi connectivity index (χ4n) is 2.52. The van der Waals surface area contributed by atoms with Crippen LogP contribution in [0.5, 0.6) is 11.6 Å². The van der Waals surface area contributed by atoms with Gasteiger partial charge in [-0.2, -0.15) is 0 Å². The lowest BCUT2D eigenvalue weighted by Crippen LogP contribution is -2.08. The Morgan fingerprint density at radius 3 is 2.81 bits per heavy atom. The van der Waals surface area contributed by atoms with Crippen LogP contribution in [-0.2, 0) is 4.79 Å². The minimum absolute atomic E-state index is 0.0474. The minimum Gasteiger partial charge on any atom is -0.493 e. The van der Waals surface area contributed by atoms with Crippen LogP contribution in [-0.4, -0.2) is 27.5 Å². The number of aromatic amines is 1. The number of benzene rings is 2. The number of aryl methyl sites for hydroxylation is 1. The number of azo groups is 1. The molecule has 0 atom stereocenters. The summed E-state index contributed by atoms with van der Waals surface area (Å²) in [4.78, 5) is 24.9. The topological polar surface area (TPSA) is 130 Å². The molecule has 138 valence electrons. The summed E-state index contributed by atoms with van der Waals surface area (Å²) < 4.78 is 5.45. The van der Waals surface area contributed by atoms with Crippen molar-refractivity contribution in [3.63, 3.8) is 0 Å². The van der Waals surface area contributed by atoms with Crippen molar-refractivity contribution in [2.24, 2.45) is 10.2 Å². The lowest BCUT2D eigenvalue weighted by molar-refractivity contribution is -0.384. The molecule has 3 rings (SSSR count). The van der Waals surface area contributed by atoms with Crippen LogP contribution >= 0.6 is 0 Å². The second-order valence-electron chi connectivity index (χ2n) is 5.89. The molecule has 0 aliphatic rings. The molecule has 27 heavy (non-hydrogen) atoms. The van der Waals surface area contributed by atoms with Gasteiger partial charge in [0.15, 0.2) is 12.3 Å². The molecule has 0 aliphatic carbocycles. The van der Waals surface area contributed by atoms with Gasteiger partial charge in [-0.1, -0.05) is 12.1 Å². The standard InChI is InChI=1S/C18H16N4O5/c1-10-4-3-5-15(11(10)2)27-9-16(23)20-21-17-13-8-12(22(25)26)6-7-14(13)19-18(17)24/h3-8,19,24H,9H2,1-2H3. The van der Waals surface area contributed by atoms with Gasteiger partial charge in [0, 0.05) is 17.5 Å². The molecule has 2 N–H and O–H groups in total. The number of hydrogen-bond donors (Lipinski definition) is 2. The van der Waals surface area contributed by atoms with Gasteiger partial charge < -0.3 is 14.8 Å². The normalized spacial score (nSPS) is 11.2. The highest BCUT2D eigenvalue weighted by Crippen LogP contribution is 2.37. The van der Waals surface area contributed by atoms with E-state index < -0.39 is 10.8 Å². The number of amides is 1. The van der Waals surface area contributed by atoms with E-state index in [9.17, 15) is 20.0 Å². The van der Waals surface area contributed by atoms with E-state index in [1.165, 1.54) is 18.2 Å². The van der Waals surface area contributed by atoms with Gasteiger partial charge in [-0.15, -0.1) is 10.2 Å². The molecule has 9 heteroatoms. The van der Waals surface area contributed by atoms with Crippen molar-refractivity contribution in [1.82, 2.24) is 4.98 Å². The monoisotopic (exact) mass is 368 g/mol. The van der Waals surface area contributed by atoms with E-state index in [0.717, 1.165) is 11.1 Å². The van der Waals surface area contributed by atoms with Crippen LogP contribution in [0, 0.1) is 24.0 Å². The lowest BCUT2D eigenvalue weighted by Gasteiger charge is -2.08. The van der Waals surface area contributed by atoms with Crippen molar-refractivity contribution >= 4 is 28.2 Å². The molecule has 0 bridgehead atoms. The SMILES string of the molecule is Cc1cccc(OCC(=O)N=Nc2c(O)[nH]c3ccc([N+](=O)[O-])cc23)c1C. The summed E-state index contributed by atoms with van der Waals surface area (Å²) in [5, 5.41) is 28.4. The van der Waals surface area contributed by atoms with E-state index in [-0.39, 0.29) is 29.2 Å². The molecule has 2 aromatic carbocycles. The van der Waals surface area contributed by atoms with E-state index in [4.69, 9.17) is 4.74 Å². The molecule has 0 saturated heterocycles. The third-order valence-corrected chi connectivity index (χ3v) is 4.11. The van der Waals surface area contributed by atoms with Crippen LogP contribution in [0.4, 0.5) is 11.4 Å². The molecule has 0 aliphatic heterocycles. The summed E-state index contributed by atoms with van der Waals surface area (Å²) in [7, 11) is 0. The summed E-state index contributed by atoms with van der Waals surface area (Å²) in [6.45, 7) is 3.49. The van der Waals surface area contributed by atoms with E-state index in [2.05, 4.69) is 15.2 Å². The number of hydrogen-bond acceptors (Lipinski definition) is 6. The average molecular weight is 368 g/mol. The van der Waals surface area contributed by atoms with Crippen molar-refractivity contribution in [3.05, 3.63) is 57.6 Å². The lowest BCUT2D eigenvalue weighted by atomic mass is 10.1. The van der Waals surface area contributed by atoms with Crippen molar-refractivity contribution in [3.8, 4) is 11.6 Å². The van der Waals surface area contributed by atoms with Crippen LogP contribution in [0.2, 0.25) is 0 Å². The van der Waals surface area contributed by atoms with Gasteiger partial charge in [0.1, 0.15) is 5.75 Å². The van der Waals surface area contributed by atoms with Crippen LogP contribution in [0.3, 0.4) is 0 Å². The molecular formula is C18H16N4O5. The maximum absolute atomic E-state index is 11.9. The van der Waals surface area contributed by atoms with Crippen LogP contribution in [0.15, 0.2) is 46.6 Å². The summed E-state index contributed by atoms with van der Waals surface area (Å²) >= 11 is 0. The van der Waals surface area contributed by atoms with E-state index in [1.54, 1.807) is 6.07 Å². The zero-order valence-corrected chi connectivity index (χ0v) is 14.6. The molecule has 1 heterocycles. The summed E-state index contributed by atoms with van der Waals surface area (Å²) in [5.41, 5.74) is 2.18. The van der Waals surface area contributed by atoms with Crippen molar-refractivity contribution < 1.29 is 19.6 Å². The van der Waals surface area contributed by atoms with E-state index >= 15 is 0 Å². The fourth-order valence-corrected chi connectivity index (χ4v) is 2.52. The number of carbonyl (C=O) groups excluding carboxylic acids is 1. The Morgan fingerprint density at radius 1 is 1.30 bits per heavy atom. The Labute approximate surface area is 153 Å². The van der Waals surface area contributed by atoms with Gasteiger partial charge in [-0.3, -0.25) is 14.9 Å². The molecule has 0 unspecified atom stereocenters. The molecular weight excluding hydrogens is 352 g/mol. The summed E-state index contributed by atoms with van der Waals surface area (Å²) in [6.07, 6.45) is 0. The molecule has 0 radical (unpaired) electrons. The van der Waals surface area contributed by atoms with Gasteiger partial charge >= 0.3 is 5.91 Å². The molecule has 0 saturated carbocycles. The third-order valence-electron chi connectivity index (χ3n) is 4.11. The number of carbonyl (C=O) groups is 1. The number of nitrogens with one attached hydrogen (secondary N) is 1. The van der Waals surface area contributed by atoms with Crippen molar-refractivity contribution in [2.75, 3.05) is 6.61 Å². The second kappa shape index (κ2) is 7.24. The number of rotatable bonds is 5. The highest BCUT2D eigenvalue weighted by atomic mass is 16.6. The number of nitro benzene ring substituents is 1. The molecule has 1 aromatic heterocycles. The first-order chi connectivity index (χ1) is 12.9. The highest BCUT2D eigenvalue weighted by molar-refractivity contribution is 5.95. The zero-order valence-electron chi connectivity index (χ0n) is 14.6. The number of nitrogens with zero attached hydrogens (tertiary/aromatic N) is 3. The third kappa shape index (κ3) is 3.76. The number of non-ortho nitro benzene ring substituents is 1. The Balaban J connectivity index is 1.78. The Morgan fingerprint density at radius 2 is 2.07 bits per heavy atom. The van der Waals surface area contributed by atoms with Crippen molar-refractivity contribution in [2.45, 2.75) is 13.8 Å². The van der Waals surface area contributed by atoms with Crippen LogP contribution in [0.1, 0.15) is 11.1 Å². The first-order valence-electron chi connectivity index (χ1n) is 7.99. The van der Waals surface area contributed by atoms with Gasteiger partial charge in [0.25, 0.3) is 5.69 Å². The average Bonchev–Trinajstić information content (AvgIpc) is 2.95. The number of aromatic nitrogens is 1. The van der Waals surface area contributed by atoms with Crippen LogP contribution < -0.4 is 4.74 Å². The maximum atomic E-state index is 11.9. The summed E-state index contributed by atoms with van der Waals surface area (Å²) in [6, 6.07) is 9.48. The fraction of sp³-hybridized carbons (Fsp3) is 0.167. The van der Waals surface area contributed by atoms with Gasteiger partial charge in [-0.05, 0) is 37.1 Å². The number of H-pyrrole nitrogens is 1. The summed E-state index contributed by atoms with van der Waals surface area (Å²) in [5.74, 6) is -0.420. The first kappa shape index (κ1) is 18.1. The number of nitro groups is 1. The molecule has 9 nitrogen and oxygen atoms in total. The van der Waals surface area contributed by atoms with Crippen LogP contribution in [0.25, 0.3) is 10.9 Å². The van der Waals surface area contributed by atoms with Crippen molar-refractivity contribution in [1.29, 1.82) is 0 Å². The van der Waals surface area contributed by atoms with Gasteiger partial charge in [0.2, 0.25) is 5.88 Å². The first-order valence-corrected chi connectivity index (χ1v) is 7.99. The second-order valence-corrected chi connectivity index (χ2v) is 5.89.